The molecule has 0 spiro atoms. The van der Waals surface area contributed by atoms with Crippen molar-refractivity contribution in [3.63, 3.8) is 0 Å². The molecule has 0 saturated heterocycles. The average Bonchev–Trinajstić information content (AvgIpc) is 2.39. The summed E-state index contributed by atoms with van der Waals surface area (Å²) in [5.74, 6) is 0.417. The number of aromatic nitrogens is 2. The van der Waals surface area contributed by atoms with Gasteiger partial charge in [0.1, 0.15) is 11.5 Å². The second-order valence-corrected chi connectivity index (χ2v) is 4.64. The number of hydrogen-bond acceptors (Lipinski definition) is 4. The number of hydrogen-bond donors (Lipinski definition) is 2. The third-order valence-electron chi connectivity index (χ3n) is 3.36. The highest BCUT2D eigenvalue weighted by molar-refractivity contribution is 5.92. The van der Waals surface area contributed by atoms with Gasteiger partial charge in [-0.05, 0) is 17.5 Å². The van der Waals surface area contributed by atoms with Crippen molar-refractivity contribution in [2.75, 3.05) is 12.3 Å². The van der Waals surface area contributed by atoms with E-state index in [0.29, 0.717) is 12.5 Å². The summed E-state index contributed by atoms with van der Waals surface area (Å²) in [4.78, 5) is 19.7. The van der Waals surface area contributed by atoms with Gasteiger partial charge >= 0.3 is 0 Å². The largest absolute Gasteiger partial charge is 0.382 e. The molecule has 2 aromatic rings. The number of benzene rings is 1. The lowest BCUT2D eigenvalue weighted by Gasteiger charge is -2.30. The Balaban J connectivity index is 1.61. The number of nitrogens with one attached hydrogen (secondary N) is 1. The van der Waals surface area contributed by atoms with Gasteiger partial charge in [0.25, 0.3) is 5.91 Å². The van der Waals surface area contributed by atoms with Crippen LogP contribution in [0.1, 0.15) is 27.5 Å². The van der Waals surface area contributed by atoms with Crippen molar-refractivity contribution < 1.29 is 4.79 Å². The fourth-order valence-corrected chi connectivity index (χ4v) is 2.34. The zero-order chi connectivity index (χ0) is 13.2. The van der Waals surface area contributed by atoms with E-state index in [-0.39, 0.29) is 17.4 Å². The predicted molar refractivity (Wildman–Crippen MR) is 71.7 cm³/mol. The number of rotatable bonds is 3. The van der Waals surface area contributed by atoms with Gasteiger partial charge in [-0.2, -0.15) is 0 Å². The third-order valence-corrected chi connectivity index (χ3v) is 3.36. The molecule has 1 amide bonds. The van der Waals surface area contributed by atoms with Crippen molar-refractivity contribution in [3.8, 4) is 0 Å². The maximum absolute atomic E-state index is 11.9. The first kappa shape index (κ1) is 11.6. The quantitative estimate of drug-likeness (QED) is 0.860. The van der Waals surface area contributed by atoms with Gasteiger partial charge in [-0.3, -0.25) is 9.78 Å². The Morgan fingerprint density at radius 3 is 3.00 bits per heavy atom. The molecule has 3 N–H and O–H groups in total. The Morgan fingerprint density at radius 1 is 1.37 bits per heavy atom. The van der Waals surface area contributed by atoms with Gasteiger partial charge in [-0.25, -0.2) is 4.98 Å². The summed E-state index contributed by atoms with van der Waals surface area (Å²) < 4.78 is 0. The fourth-order valence-electron chi connectivity index (χ4n) is 2.34. The van der Waals surface area contributed by atoms with E-state index in [4.69, 9.17) is 5.73 Å². The Labute approximate surface area is 110 Å². The number of nitrogens with zero attached hydrogens (tertiary/aromatic N) is 2. The summed E-state index contributed by atoms with van der Waals surface area (Å²) in [6.45, 7) is 0.617. The normalized spacial score (nSPS) is 16.3. The molecular weight excluding hydrogens is 240 g/mol. The standard InChI is InChI=1S/C14H14N4O/c15-13-8-16-7-12(18-13)14(19)17-6-10-5-9-3-1-2-4-11(9)10/h1-4,7-8,10H,5-6H2,(H2,15,18)(H,17,19). The van der Waals surface area contributed by atoms with Gasteiger partial charge in [0.2, 0.25) is 0 Å². The number of amides is 1. The molecule has 1 atom stereocenters. The van der Waals surface area contributed by atoms with E-state index >= 15 is 0 Å². The first-order chi connectivity index (χ1) is 9.24. The summed E-state index contributed by atoms with van der Waals surface area (Å²) >= 11 is 0. The van der Waals surface area contributed by atoms with Crippen LogP contribution in [0.25, 0.3) is 0 Å². The summed E-state index contributed by atoms with van der Waals surface area (Å²) in [6.07, 6.45) is 3.85. The molecule has 1 aromatic carbocycles. The number of carbonyl (C=O) groups excluding carboxylic acids is 1. The van der Waals surface area contributed by atoms with Crippen LogP contribution in [-0.4, -0.2) is 22.4 Å². The predicted octanol–water partition coefficient (Wildman–Crippen LogP) is 1.13. The topological polar surface area (TPSA) is 80.9 Å². The Kier molecular flexibility index (Phi) is 2.87. The van der Waals surface area contributed by atoms with Crippen molar-refractivity contribution in [2.24, 2.45) is 0 Å². The van der Waals surface area contributed by atoms with Crippen molar-refractivity contribution >= 4 is 11.7 Å². The van der Waals surface area contributed by atoms with E-state index in [9.17, 15) is 4.79 Å². The van der Waals surface area contributed by atoms with Crippen LogP contribution in [0, 0.1) is 0 Å². The highest BCUT2D eigenvalue weighted by atomic mass is 16.1. The lowest BCUT2D eigenvalue weighted by molar-refractivity contribution is 0.0945. The zero-order valence-corrected chi connectivity index (χ0v) is 10.3. The highest BCUT2D eigenvalue weighted by Crippen LogP contribution is 2.33. The summed E-state index contributed by atoms with van der Waals surface area (Å²) in [6, 6.07) is 8.29. The van der Waals surface area contributed by atoms with Crippen molar-refractivity contribution in [1.29, 1.82) is 0 Å². The molecule has 0 radical (unpaired) electrons. The molecule has 0 saturated carbocycles. The average molecular weight is 254 g/mol. The summed E-state index contributed by atoms with van der Waals surface area (Å²) in [5, 5.41) is 2.87. The minimum Gasteiger partial charge on any atom is -0.382 e. The second-order valence-electron chi connectivity index (χ2n) is 4.64. The number of nitrogens with two attached hydrogens (primary N) is 1. The number of nitrogen functional groups attached to an aromatic ring is 1. The molecule has 1 heterocycles. The van der Waals surface area contributed by atoms with E-state index < -0.39 is 0 Å². The number of fused-ring (bicyclic) bond motifs is 1. The molecule has 1 aromatic heterocycles. The number of anilines is 1. The van der Waals surface area contributed by atoms with E-state index in [1.807, 2.05) is 12.1 Å². The van der Waals surface area contributed by atoms with Gasteiger partial charge in [0.15, 0.2) is 0 Å². The molecule has 0 fully saturated rings. The van der Waals surface area contributed by atoms with Crippen LogP contribution in [0.2, 0.25) is 0 Å². The zero-order valence-electron chi connectivity index (χ0n) is 10.3. The molecule has 1 aliphatic carbocycles. The lowest BCUT2D eigenvalue weighted by Crippen LogP contribution is -2.33. The van der Waals surface area contributed by atoms with E-state index in [1.54, 1.807) is 0 Å². The van der Waals surface area contributed by atoms with Crippen molar-refractivity contribution in [1.82, 2.24) is 15.3 Å². The van der Waals surface area contributed by atoms with E-state index in [2.05, 4.69) is 27.4 Å². The van der Waals surface area contributed by atoms with Gasteiger partial charge in [-0.15, -0.1) is 0 Å². The van der Waals surface area contributed by atoms with Gasteiger partial charge in [0.05, 0.1) is 12.4 Å². The van der Waals surface area contributed by atoms with Gasteiger partial charge in [0, 0.05) is 12.5 Å². The minimum atomic E-state index is -0.232. The van der Waals surface area contributed by atoms with Crippen LogP contribution in [0.5, 0.6) is 0 Å². The maximum Gasteiger partial charge on any atom is 0.271 e. The molecule has 1 aliphatic rings. The van der Waals surface area contributed by atoms with Crippen LogP contribution in [0.15, 0.2) is 36.7 Å². The molecule has 0 bridgehead atoms. The van der Waals surface area contributed by atoms with Gasteiger partial charge < -0.3 is 11.1 Å². The molecule has 96 valence electrons. The minimum absolute atomic E-state index is 0.232. The monoisotopic (exact) mass is 254 g/mol. The Hall–Kier alpha value is -2.43. The van der Waals surface area contributed by atoms with Crippen LogP contribution in [0.4, 0.5) is 5.82 Å². The summed E-state index contributed by atoms with van der Waals surface area (Å²) in [7, 11) is 0. The van der Waals surface area contributed by atoms with Crippen molar-refractivity contribution in [3.05, 3.63) is 53.5 Å². The van der Waals surface area contributed by atoms with Crippen LogP contribution in [0.3, 0.4) is 0 Å². The Bertz CT molecular complexity index is 626. The fraction of sp³-hybridized carbons (Fsp3) is 0.214. The molecule has 3 rings (SSSR count). The van der Waals surface area contributed by atoms with Crippen LogP contribution in [-0.2, 0) is 6.42 Å². The van der Waals surface area contributed by atoms with Gasteiger partial charge in [-0.1, -0.05) is 24.3 Å². The third kappa shape index (κ3) is 2.27. The second kappa shape index (κ2) is 4.68. The van der Waals surface area contributed by atoms with Crippen LogP contribution < -0.4 is 11.1 Å². The molecular formula is C14H14N4O. The Morgan fingerprint density at radius 2 is 2.21 bits per heavy atom. The first-order valence-electron chi connectivity index (χ1n) is 6.17. The molecule has 19 heavy (non-hydrogen) atoms. The number of carbonyl (C=O) groups is 1. The SMILES string of the molecule is Nc1cncc(C(=O)NCC2Cc3ccccc32)n1. The first-order valence-corrected chi connectivity index (χ1v) is 6.17. The molecule has 1 unspecified atom stereocenters. The van der Waals surface area contributed by atoms with Crippen LogP contribution >= 0.6 is 0 Å². The molecule has 5 nitrogen and oxygen atoms in total. The molecule has 5 heteroatoms. The van der Waals surface area contributed by atoms with E-state index in [0.717, 1.165) is 6.42 Å². The lowest BCUT2D eigenvalue weighted by atomic mass is 9.77. The smallest absolute Gasteiger partial charge is 0.271 e. The van der Waals surface area contributed by atoms with E-state index in [1.165, 1.54) is 23.5 Å². The van der Waals surface area contributed by atoms with Crippen molar-refractivity contribution in [2.45, 2.75) is 12.3 Å². The summed E-state index contributed by atoms with van der Waals surface area (Å²) in [5.41, 5.74) is 8.44. The highest BCUT2D eigenvalue weighted by Gasteiger charge is 2.25. The maximum atomic E-state index is 11.9. The molecule has 0 aliphatic heterocycles.